The SMILES string of the molecule is C/C=C/NCC(=O)OCC. The second-order valence-corrected chi connectivity index (χ2v) is 1.69. The van der Waals surface area contributed by atoms with Gasteiger partial charge in [-0.15, -0.1) is 0 Å². The smallest absolute Gasteiger partial charge is 0.325 e. The Balaban J connectivity index is 3.21. The zero-order chi connectivity index (χ0) is 7.82. The summed E-state index contributed by atoms with van der Waals surface area (Å²) in [6.45, 7) is 4.35. The van der Waals surface area contributed by atoms with E-state index in [1.807, 2.05) is 13.0 Å². The van der Waals surface area contributed by atoms with Crippen LogP contribution in [-0.2, 0) is 9.53 Å². The largest absolute Gasteiger partial charge is 0.465 e. The van der Waals surface area contributed by atoms with Crippen molar-refractivity contribution in [2.75, 3.05) is 13.2 Å². The van der Waals surface area contributed by atoms with Crippen molar-refractivity contribution < 1.29 is 9.53 Å². The molecule has 0 aliphatic carbocycles. The maximum atomic E-state index is 10.6. The van der Waals surface area contributed by atoms with E-state index < -0.39 is 0 Å². The van der Waals surface area contributed by atoms with Crippen LogP contribution < -0.4 is 5.32 Å². The molecular formula is C7H13NO2. The lowest BCUT2D eigenvalue weighted by Crippen LogP contribution is -2.19. The van der Waals surface area contributed by atoms with Crippen molar-refractivity contribution in [3.63, 3.8) is 0 Å². The predicted octanol–water partition coefficient (Wildman–Crippen LogP) is 0.673. The third-order valence-corrected chi connectivity index (χ3v) is 0.836. The normalized spacial score (nSPS) is 9.80. The molecule has 0 aromatic heterocycles. The molecule has 0 aliphatic heterocycles. The maximum absolute atomic E-state index is 10.6. The number of rotatable bonds is 4. The summed E-state index contributed by atoms with van der Waals surface area (Å²) in [6, 6.07) is 0. The van der Waals surface area contributed by atoms with E-state index in [4.69, 9.17) is 0 Å². The van der Waals surface area contributed by atoms with Gasteiger partial charge in [-0.05, 0) is 20.0 Å². The molecular weight excluding hydrogens is 130 g/mol. The van der Waals surface area contributed by atoms with Crippen molar-refractivity contribution >= 4 is 5.97 Å². The molecule has 0 bridgehead atoms. The molecule has 0 fully saturated rings. The minimum Gasteiger partial charge on any atom is -0.465 e. The van der Waals surface area contributed by atoms with Gasteiger partial charge in [0.15, 0.2) is 0 Å². The number of allylic oxidation sites excluding steroid dienone is 1. The van der Waals surface area contributed by atoms with Crippen molar-refractivity contribution in [1.29, 1.82) is 0 Å². The zero-order valence-electron chi connectivity index (χ0n) is 6.39. The summed E-state index contributed by atoms with van der Waals surface area (Å²) in [5.74, 6) is -0.222. The van der Waals surface area contributed by atoms with Crippen molar-refractivity contribution in [1.82, 2.24) is 5.32 Å². The molecule has 0 heterocycles. The fraction of sp³-hybridized carbons (Fsp3) is 0.571. The van der Waals surface area contributed by atoms with E-state index in [-0.39, 0.29) is 12.5 Å². The number of hydrogen-bond donors (Lipinski definition) is 1. The van der Waals surface area contributed by atoms with Gasteiger partial charge in [-0.1, -0.05) is 6.08 Å². The van der Waals surface area contributed by atoms with E-state index in [1.165, 1.54) is 0 Å². The molecule has 3 nitrogen and oxygen atoms in total. The Morgan fingerprint density at radius 3 is 2.90 bits per heavy atom. The first-order valence-electron chi connectivity index (χ1n) is 3.31. The molecule has 0 saturated heterocycles. The topological polar surface area (TPSA) is 38.3 Å². The van der Waals surface area contributed by atoms with Crippen LogP contribution in [0, 0.1) is 0 Å². The lowest BCUT2D eigenvalue weighted by Gasteiger charge is -1.99. The van der Waals surface area contributed by atoms with Gasteiger partial charge >= 0.3 is 5.97 Å². The van der Waals surface area contributed by atoms with Crippen molar-refractivity contribution in [3.05, 3.63) is 12.3 Å². The molecule has 0 saturated carbocycles. The van der Waals surface area contributed by atoms with Crippen LogP contribution in [0.15, 0.2) is 12.3 Å². The Labute approximate surface area is 61.1 Å². The van der Waals surface area contributed by atoms with E-state index in [0.717, 1.165) is 0 Å². The highest BCUT2D eigenvalue weighted by Crippen LogP contribution is 1.74. The second kappa shape index (κ2) is 6.13. The molecule has 0 radical (unpaired) electrons. The second-order valence-electron chi connectivity index (χ2n) is 1.69. The van der Waals surface area contributed by atoms with Gasteiger partial charge in [0.1, 0.15) is 6.54 Å². The Morgan fingerprint density at radius 1 is 1.70 bits per heavy atom. The Bertz CT molecular complexity index is 121. The third-order valence-electron chi connectivity index (χ3n) is 0.836. The van der Waals surface area contributed by atoms with E-state index in [9.17, 15) is 4.79 Å². The summed E-state index contributed by atoms with van der Waals surface area (Å²) < 4.78 is 4.65. The molecule has 0 aromatic rings. The Morgan fingerprint density at radius 2 is 2.40 bits per heavy atom. The van der Waals surface area contributed by atoms with Gasteiger partial charge in [-0.25, -0.2) is 0 Å². The summed E-state index contributed by atoms with van der Waals surface area (Å²) in [5.41, 5.74) is 0. The van der Waals surface area contributed by atoms with E-state index in [0.29, 0.717) is 6.61 Å². The first kappa shape index (κ1) is 9.01. The van der Waals surface area contributed by atoms with Crippen molar-refractivity contribution in [2.24, 2.45) is 0 Å². The van der Waals surface area contributed by atoms with Crippen LogP contribution >= 0.6 is 0 Å². The minimum atomic E-state index is -0.222. The zero-order valence-corrected chi connectivity index (χ0v) is 6.39. The molecule has 3 heteroatoms. The van der Waals surface area contributed by atoms with Crippen LogP contribution in [0.4, 0.5) is 0 Å². The molecule has 0 aromatic carbocycles. The van der Waals surface area contributed by atoms with E-state index in [1.54, 1.807) is 13.1 Å². The summed E-state index contributed by atoms with van der Waals surface area (Å²) in [7, 11) is 0. The van der Waals surface area contributed by atoms with E-state index in [2.05, 4.69) is 10.1 Å². The van der Waals surface area contributed by atoms with Crippen LogP contribution in [0.1, 0.15) is 13.8 Å². The van der Waals surface area contributed by atoms with Gasteiger partial charge in [-0.3, -0.25) is 4.79 Å². The highest BCUT2D eigenvalue weighted by Gasteiger charge is 1.95. The van der Waals surface area contributed by atoms with Crippen LogP contribution in [0.25, 0.3) is 0 Å². The van der Waals surface area contributed by atoms with E-state index >= 15 is 0 Å². The summed E-state index contributed by atoms with van der Waals surface area (Å²) in [5, 5.41) is 2.76. The molecule has 10 heavy (non-hydrogen) atoms. The Hall–Kier alpha value is -0.990. The highest BCUT2D eigenvalue weighted by atomic mass is 16.5. The highest BCUT2D eigenvalue weighted by molar-refractivity contribution is 5.71. The van der Waals surface area contributed by atoms with Crippen molar-refractivity contribution in [2.45, 2.75) is 13.8 Å². The summed E-state index contributed by atoms with van der Waals surface area (Å²) >= 11 is 0. The number of carbonyl (C=O) groups excluding carboxylic acids is 1. The number of carbonyl (C=O) groups is 1. The van der Waals surface area contributed by atoms with Gasteiger partial charge in [0.05, 0.1) is 6.61 Å². The first-order chi connectivity index (χ1) is 4.81. The minimum absolute atomic E-state index is 0.222. The lowest BCUT2D eigenvalue weighted by atomic mass is 10.6. The van der Waals surface area contributed by atoms with Crippen LogP contribution in [-0.4, -0.2) is 19.1 Å². The lowest BCUT2D eigenvalue weighted by molar-refractivity contribution is -0.141. The average Bonchev–Trinajstić information content (AvgIpc) is 1.89. The summed E-state index contributed by atoms with van der Waals surface area (Å²) in [4.78, 5) is 10.6. The molecule has 0 aliphatic rings. The molecule has 0 atom stereocenters. The fourth-order valence-electron chi connectivity index (χ4n) is 0.472. The molecule has 1 N–H and O–H groups in total. The first-order valence-corrected chi connectivity index (χ1v) is 3.31. The van der Waals surface area contributed by atoms with Gasteiger partial charge in [0, 0.05) is 0 Å². The number of hydrogen-bond acceptors (Lipinski definition) is 3. The molecule has 0 rings (SSSR count). The number of ether oxygens (including phenoxy) is 1. The monoisotopic (exact) mass is 143 g/mol. The molecule has 0 amide bonds. The van der Waals surface area contributed by atoms with Crippen LogP contribution in [0.2, 0.25) is 0 Å². The van der Waals surface area contributed by atoms with Crippen LogP contribution in [0.3, 0.4) is 0 Å². The Kier molecular flexibility index (Phi) is 5.53. The third kappa shape index (κ3) is 5.15. The number of nitrogens with one attached hydrogen (secondary N) is 1. The predicted molar refractivity (Wildman–Crippen MR) is 39.4 cm³/mol. The average molecular weight is 143 g/mol. The van der Waals surface area contributed by atoms with Gasteiger partial charge in [0.2, 0.25) is 0 Å². The van der Waals surface area contributed by atoms with Gasteiger partial charge < -0.3 is 10.1 Å². The van der Waals surface area contributed by atoms with Gasteiger partial charge in [-0.2, -0.15) is 0 Å². The summed E-state index contributed by atoms with van der Waals surface area (Å²) in [6.07, 6.45) is 3.52. The van der Waals surface area contributed by atoms with Crippen LogP contribution in [0.5, 0.6) is 0 Å². The number of esters is 1. The molecule has 0 unspecified atom stereocenters. The maximum Gasteiger partial charge on any atom is 0.325 e. The van der Waals surface area contributed by atoms with Gasteiger partial charge in [0.25, 0.3) is 0 Å². The molecule has 58 valence electrons. The standard InChI is InChI=1S/C7H13NO2/c1-3-5-8-6-7(9)10-4-2/h3,5,8H,4,6H2,1-2H3/b5-3+. The molecule has 0 spiro atoms. The quantitative estimate of drug-likeness (QED) is 0.588. The fourth-order valence-corrected chi connectivity index (χ4v) is 0.472. The van der Waals surface area contributed by atoms with Crippen molar-refractivity contribution in [3.8, 4) is 0 Å².